The summed E-state index contributed by atoms with van der Waals surface area (Å²) in [6.45, 7) is 8.01. The number of aromatic amines is 1. The molecule has 1 aromatic carbocycles. The second-order valence-corrected chi connectivity index (χ2v) is 6.83. The standard InChI is InChI=1S/C18H24N4O3/c1-12(25-15-7-5-13(6-8-15)18(2,3)4)17(24)22-21-16(23)11-14-9-10-19-20-14/h5-10,12H,11H2,1-4H3,(H,19,20)(H,21,23)(H,22,24). The summed E-state index contributed by atoms with van der Waals surface area (Å²) in [7, 11) is 0. The van der Waals surface area contributed by atoms with Crippen molar-refractivity contribution < 1.29 is 14.3 Å². The first-order valence-electron chi connectivity index (χ1n) is 8.10. The van der Waals surface area contributed by atoms with Crippen molar-refractivity contribution in [3.8, 4) is 5.75 Å². The minimum atomic E-state index is -0.743. The fourth-order valence-corrected chi connectivity index (χ4v) is 2.12. The third-order valence-electron chi connectivity index (χ3n) is 3.64. The fraction of sp³-hybridized carbons (Fsp3) is 0.389. The van der Waals surface area contributed by atoms with E-state index in [9.17, 15) is 9.59 Å². The van der Waals surface area contributed by atoms with E-state index in [1.165, 1.54) is 5.56 Å². The number of nitrogens with zero attached hydrogens (tertiary/aromatic N) is 1. The van der Waals surface area contributed by atoms with Gasteiger partial charge in [0, 0.05) is 11.9 Å². The summed E-state index contributed by atoms with van der Waals surface area (Å²) in [6, 6.07) is 9.31. The van der Waals surface area contributed by atoms with E-state index in [0.29, 0.717) is 11.4 Å². The number of nitrogens with one attached hydrogen (secondary N) is 3. The summed E-state index contributed by atoms with van der Waals surface area (Å²) >= 11 is 0. The second-order valence-electron chi connectivity index (χ2n) is 6.83. The van der Waals surface area contributed by atoms with E-state index in [-0.39, 0.29) is 17.7 Å². The Kier molecular flexibility index (Phi) is 5.80. The van der Waals surface area contributed by atoms with E-state index in [0.717, 1.165) is 0 Å². The third-order valence-corrected chi connectivity index (χ3v) is 3.64. The molecule has 25 heavy (non-hydrogen) atoms. The fourth-order valence-electron chi connectivity index (χ4n) is 2.12. The van der Waals surface area contributed by atoms with Crippen molar-refractivity contribution in [2.24, 2.45) is 0 Å². The number of hydrogen-bond acceptors (Lipinski definition) is 4. The van der Waals surface area contributed by atoms with Crippen molar-refractivity contribution in [2.45, 2.75) is 45.6 Å². The number of aromatic nitrogens is 2. The van der Waals surface area contributed by atoms with Crippen LogP contribution in [-0.2, 0) is 21.4 Å². The summed E-state index contributed by atoms with van der Waals surface area (Å²) in [5, 5.41) is 6.43. The summed E-state index contributed by atoms with van der Waals surface area (Å²) < 4.78 is 5.60. The Morgan fingerprint density at radius 3 is 2.40 bits per heavy atom. The number of H-pyrrole nitrogens is 1. The van der Waals surface area contributed by atoms with E-state index >= 15 is 0 Å². The molecule has 3 N–H and O–H groups in total. The van der Waals surface area contributed by atoms with Crippen molar-refractivity contribution >= 4 is 11.8 Å². The van der Waals surface area contributed by atoms with E-state index in [1.807, 2.05) is 24.3 Å². The zero-order valence-electron chi connectivity index (χ0n) is 14.9. The molecule has 2 aromatic rings. The van der Waals surface area contributed by atoms with Crippen LogP contribution < -0.4 is 15.6 Å². The van der Waals surface area contributed by atoms with E-state index in [2.05, 4.69) is 41.8 Å². The van der Waals surface area contributed by atoms with Crippen LogP contribution in [0.15, 0.2) is 36.5 Å². The van der Waals surface area contributed by atoms with Gasteiger partial charge in [0.15, 0.2) is 6.10 Å². The Morgan fingerprint density at radius 2 is 1.84 bits per heavy atom. The Bertz CT molecular complexity index is 703. The summed E-state index contributed by atoms with van der Waals surface area (Å²) in [6.07, 6.45) is 0.916. The number of hydrazine groups is 1. The SMILES string of the molecule is CC(Oc1ccc(C(C)(C)C)cc1)C(=O)NNC(=O)Cc1ccn[nH]1. The Hall–Kier alpha value is -2.83. The van der Waals surface area contributed by atoms with E-state index < -0.39 is 12.0 Å². The first-order valence-corrected chi connectivity index (χ1v) is 8.10. The third kappa shape index (κ3) is 5.63. The number of ether oxygens (including phenoxy) is 1. The minimum Gasteiger partial charge on any atom is -0.481 e. The molecule has 134 valence electrons. The molecule has 0 aliphatic heterocycles. The molecular formula is C18H24N4O3. The van der Waals surface area contributed by atoms with Crippen LogP contribution in [0.3, 0.4) is 0 Å². The first kappa shape index (κ1) is 18.5. The van der Waals surface area contributed by atoms with Gasteiger partial charge in [-0.15, -0.1) is 0 Å². The first-order chi connectivity index (χ1) is 11.8. The molecule has 7 heteroatoms. The van der Waals surface area contributed by atoms with Crippen LogP contribution in [0.2, 0.25) is 0 Å². The molecule has 1 unspecified atom stereocenters. The molecule has 1 atom stereocenters. The molecule has 1 aromatic heterocycles. The zero-order valence-corrected chi connectivity index (χ0v) is 14.9. The minimum absolute atomic E-state index is 0.0560. The summed E-state index contributed by atoms with van der Waals surface area (Å²) in [5.41, 5.74) is 6.60. The monoisotopic (exact) mass is 344 g/mol. The molecule has 1 heterocycles. The molecule has 2 rings (SSSR count). The quantitative estimate of drug-likeness (QED) is 0.722. The molecule has 0 bridgehead atoms. The molecule has 0 radical (unpaired) electrons. The average Bonchev–Trinajstić information content (AvgIpc) is 3.05. The normalized spacial score (nSPS) is 12.3. The van der Waals surface area contributed by atoms with Gasteiger partial charge in [0.25, 0.3) is 5.91 Å². The average molecular weight is 344 g/mol. The highest BCUT2D eigenvalue weighted by atomic mass is 16.5. The molecule has 0 spiro atoms. The Morgan fingerprint density at radius 1 is 1.16 bits per heavy atom. The molecule has 0 aliphatic rings. The molecule has 2 amide bonds. The van der Waals surface area contributed by atoms with Gasteiger partial charge in [0.2, 0.25) is 5.91 Å². The maximum Gasteiger partial charge on any atom is 0.279 e. The van der Waals surface area contributed by atoms with Gasteiger partial charge in [-0.3, -0.25) is 25.5 Å². The highest BCUT2D eigenvalue weighted by Gasteiger charge is 2.17. The second kappa shape index (κ2) is 7.83. The van der Waals surface area contributed by atoms with Crippen LogP contribution in [0.5, 0.6) is 5.75 Å². The van der Waals surface area contributed by atoms with Crippen LogP contribution in [0.4, 0.5) is 0 Å². The molecule has 0 fully saturated rings. The van der Waals surface area contributed by atoms with Crippen LogP contribution in [0.25, 0.3) is 0 Å². The van der Waals surface area contributed by atoms with Crippen molar-refractivity contribution in [2.75, 3.05) is 0 Å². The van der Waals surface area contributed by atoms with Crippen molar-refractivity contribution in [3.05, 3.63) is 47.8 Å². The predicted octanol–water partition coefficient (Wildman–Crippen LogP) is 1.86. The van der Waals surface area contributed by atoms with Crippen LogP contribution in [-0.4, -0.2) is 28.1 Å². The molecule has 0 saturated carbocycles. The number of benzene rings is 1. The smallest absolute Gasteiger partial charge is 0.279 e. The molecule has 0 saturated heterocycles. The van der Waals surface area contributed by atoms with Crippen LogP contribution in [0, 0.1) is 0 Å². The molecule has 7 nitrogen and oxygen atoms in total. The maximum absolute atomic E-state index is 12.0. The predicted molar refractivity (Wildman–Crippen MR) is 93.8 cm³/mol. The van der Waals surface area contributed by atoms with Crippen molar-refractivity contribution in [1.82, 2.24) is 21.0 Å². The maximum atomic E-state index is 12.0. The van der Waals surface area contributed by atoms with Gasteiger partial charge in [-0.05, 0) is 36.1 Å². The van der Waals surface area contributed by atoms with Crippen molar-refractivity contribution in [3.63, 3.8) is 0 Å². The largest absolute Gasteiger partial charge is 0.481 e. The summed E-state index contributed by atoms with van der Waals surface area (Å²) in [4.78, 5) is 23.7. The lowest BCUT2D eigenvalue weighted by atomic mass is 9.87. The number of amides is 2. The highest BCUT2D eigenvalue weighted by molar-refractivity contribution is 5.85. The lowest BCUT2D eigenvalue weighted by molar-refractivity contribution is -0.132. The van der Waals surface area contributed by atoms with Gasteiger partial charge in [-0.1, -0.05) is 32.9 Å². The Balaban J connectivity index is 1.80. The zero-order chi connectivity index (χ0) is 18.4. The lowest BCUT2D eigenvalue weighted by Gasteiger charge is -2.20. The number of rotatable bonds is 5. The highest BCUT2D eigenvalue weighted by Crippen LogP contribution is 2.24. The van der Waals surface area contributed by atoms with Gasteiger partial charge in [0.05, 0.1) is 6.42 Å². The molecular weight excluding hydrogens is 320 g/mol. The summed E-state index contributed by atoms with van der Waals surface area (Å²) in [5.74, 6) is -0.184. The van der Waals surface area contributed by atoms with Crippen molar-refractivity contribution in [1.29, 1.82) is 0 Å². The van der Waals surface area contributed by atoms with Gasteiger partial charge in [-0.25, -0.2) is 0 Å². The lowest BCUT2D eigenvalue weighted by Crippen LogP contribution is -2.47. The van der Waals surface area contributed by atoms with Gasteiger partial charge in [0.1, 0.15) is 5.75 Å². The van der Waals surface area contributed by atoms with Crippen LogP contribution >= 0.6 is 0 Å². The molecule has 0 aliphatic carbocycles. The van der Waals surface area contributed by atoms with Gasteiger partial charge in [-0.2, -0.15) is 5.10 Å². The number of carbonyl (C=O) groups is 2. The number of carbonyl (C=O) groups excluding carboxylic acids is 2. The topological polar surface area (TPSA) is 96.1 Å². The van der Waals surface area contributed by atoms with E-state index in [4.69, 9.17) is 4.74 Å². The Labute approximate surface area is 147 Å². The van der Waals surface area contributed by atoms with Gasteiger partial charge >= 0.3 is 0 Å². The van der Waals surface area contributed by atoms with Gasteiger partial charge < -0.3 is 4.74 Å². The van der Waals surface area contributed by atoms with Crippen LogP contribution in [0.1, 0.15) is 39.0 Å². The van der Waals surface area contributed by atoms with E-state index in [1.54, 1.807) is 19.2 Å². The number of hydrogen-bond donors (Lipinski definition) is 3.